The molecule has 0 spiro atoms. The van der Waals surface area contributed by atoms with E-state index < -0.39 is 0 Å². The van der Waals surface area contributed by atoms with Gasteiger partial charge in [0, 0.05) is 0 Å². The SMILES string of the molecule is CCCCCCCCCCCCC(CCCCCCCCCC)C(CC)N(O)O. The molecule has 0 aromatic carbocycles. The van der Waals surface area contributed by atoms with Crippen LogP contribution in [-0.2, 0) is 0 Å². The maximum absolute atomic E-state index is 9.66. The molecule has 0 aliphatic carbocycles. The Labute approximate surface area is 183 Å². The molecule has 176 valence electrons. The smallest absolute Gasteiger partial charge is 0.0649 e. The molecule has 0 aliphatic rings. The highest BCUT2D eigenvalue weighted by Crippen LogP contribution is 2.26. The number of nitrogens with zero attached hydrogens (tertiary/aromatic N) is 1. The van der Waals surface area contributed by atoms with Crippen LogP contribution in [0.5, 0.6) is 0 Å². The van der Waals surface area contributed by atoms with Crippen LogP contribution >= 0.6 is 0 Å². The van der Waals surface area contributed by atoms with Crippen molar-refractivity contribution >= 4 is 0 Å². The fourth-order valence-corrected chi connectivity index (χ4v) is 4.65. The summed E-state index contributed by atoms with van der Waals surface area (Å²) in [4.78, 5) is 0. The number of hydrogen-bond donors (Lipinski definition) is 2. The first-order chi connectivity index (χ1) is 14.2. The standard InChI is InChI=1S/C26H55NO2/c1-4-7-9-11-13-15-16-18-20-22-24-25(26(6-3)27(28)29)23-21-19-17-14-12-10-8-5-2/h25-26,28-29H,4-24H2,1-3H3. The van der Waals surface area contributed by atoms with E-state index in [4.69, 9.17) is 0 Å². The molecule has 0 rings (SSSR count). The minimum Gasteiger partial charge on any atom is -0.289 e. The van der Waals surface area contributed by atoms with Crippen molar-refractivity contribution in [3.05, 3.63) is 0 Å². The zero-order valence-electron chi connectivity index (χ0n) is 20.3. The maximum Gasteiger partial charge on any atom is 0.0649 e. The first-order valence-corrected chi connectivity index (χ1v) is 13.3. The van der Waals surface area contributed by atoms with Gasteiger partial charge in [-0.2, -0.15) is 0 Å². The van der Waals surface area contributed by atoms with Gasteiger partial charge in [0.15, 0.2) is 0 Å². The molecular formula is C26H55NO2. The summed E-state index contributed by atoms with van der Waals surface area (Å²) < 4.78 is 0. The van der Waals surface area contributed by atoms with E-state index in [0.717, 1.165) is 19.3 Å². The van der Waals surface area contributed by atoms with Gasteiger partial charge in [0.2, 0.25) is 0 Å². The second kappa shape index (κ2) is 22.6. The van der Waals surface area contributed by atoms with Crippen molar-refractivity contribution in [2.45, 2.75) is 162 Å². The highest BCUT2D eigenvalue weighted by Gasteiger charge is 2.23. The molecule has 0 saturated carbocycles. The van der Waals surface area contributed by atoms with Gasteiger partial charge in [-0.25, -0.2) is 0 Å². The van der Waals surface area contributed by atoms with Gasteiger partial charge in [-0.05, 0) is 25.2 Å². The van der Waals surface area contributed by atoms with Crippen LogP contribution < -0.4 is 0 Å². The lowest BCUT2D eigenvalue weighted by Gasteiger charge is -2.28. The Morgan fingerprint density at radius 2 is 0.793 bits per heavy atom. The van der Waals surface area contributed by atoms with E-state index in [-0.39, 0.29) is 6.04 Å². The van der Waals surface area contributed by atoms with E-state index >= 15 is 0 Å². The molecule has 2 unspecified atom stereocenters. The minimum atomic E-state index is -0.0990. The largest absolute Gasteiger partial charge is 0.289 e. The van der Waals surface area contributed by atoms with Crippen molar-refractivity contribution in [3.63, 3.8) is 0 Å². The fourth-order valence-electron chi connectivity index (χ4n) is 4.65. The molecule has 0 heterocycles. The number of hydroxylamine groups is 2. The van der Waals surface area contributed by atoms with E-state index in [0.29, 0.717) is 11.1 Å². The Kier molecular flexibility index (Phi) is 22.5. The summed E-state index contributed by atoms with van der Waals surface area (Å²) in [6, 6.07) is -0.0990. The Morgan fingerprint density at radius 1 is 0.483 bits per heavy atom. The molecule has 0 aliphatic heterocycles. The Morgan fingerprint density at radius 3 is 1.07 bits per heavy atom. The molecule has 29 heavy (non-hydrogen) atoms. The van der Waals surface area contributed by atoms with Gasteiger partial charge < -0.3 is 0 Å². The molecule has 0 fully saturated rings. The van der Waals surface area contributed by atoms with Crippen molar-refractivity contribution in [1.82, 2.24) is 5.23 Å². The number of unbranched alkanes of at least 4 members (excludes halogenated alkanes) is 16. The summed E-state index contributed by atoms with van der Waals surface area (Å²) in [6.07, 6.45) is 27.4. The Hall–Kier alpha value is -0.120. The topological polar surface area (TPSA) is 43.7 Å². The quantitative estimate of drug-likeness (QED) is 0.129. The predicted octanol–water partition coefficient (Wildman–Crippen LogP) is 9.30. The van der Waals surface area contributed by atoms with Crippen molar-refractivity contribution < 1.29 is 10.4 Å². The summed E-state index contributed by atoms with van der Waals surface area (Å²) in [5.74, 6) is 0.420. The molecule has 0 aromatic heterocycles. The summed E-state index contributed by atoms with van der Waals surface area (Å²) in [5, 5.41) is 19.8. The summed E-state index contributed by atoms with van der Waals surface area (Å²) >= 11 is 0. The lowest BCUT2D eigenvalue weighted by atomic mass is 9.87. The van der Waals surface area contributed by atoms with Gasteiger partial charge in [-0.3, -0.25) is 10.4 Å². The Bertz CT molecular complexity index is 309. The number of rotatable bonds is 23. The molecule has 0 bridgehead atoms. The third-order valence-corrected chi connectivity index (χ3v) is 6.62. The van der Waals surface area contributed by atoms with Crippen LogP contribution in [0, 0.1) is 5.92 Å². The zero-order chi connectivity index (χ0) is 21.6. The van der Waals surface area contributed by atoms with Crippen molar-refractivity contribution in [2.24, 2.45) is 5.92 Å². The highest BCUT2D eigenvalue weighted by atomic mass is 16.8. The van der Waals surface area contributed by atoms with Crippen LogP contribution in [0.25, 0.3) is 0 Å². The van der Waals surface area contributed by atoms with E-state index in [1.807, 2.05) is 0 Å². The normalized spacial score (nSPS) is 13.9. The van der Waals surface area contributed by atoms with Gasteiger partial charge in [-0.1, -0.05) is 142 Å². The lowest BCUT2D eigenvalue weighted by Crippen LogP contribution is -2.35. The van der Waals surface area contributed by atoms with E-state index in [9.17, 15) is 10.4 Å². The minimum absolute atomic E-state index is 0.0990. The van der Waals surface area contributed by atoms with Crippen LogP contribution in [0.3, 0.4) is 0 Å². The lowest BCUT2D eigenvalue weighted by molar-refractivity contribution is -0.340. The zero-order valence-corrected chi connectivity index (χ0v) is 20.3. The predicted molar refractivity (Wildman–Crippen MR) is 127 cm³/mol. The van der Waals surface area contributed by atoms with Gasteiger partial charge in [0.25, 0.3) is 0 Å². The van der Waals surface area contributed by atoms with Gasteiger partial charge in [0.1, 0.15) is 0 Å². The molecule has 3 heteroatoms. The molecule has 2 atom stereocenters. The molecule has 0 radical (unpaired) electrons. The second-order valence-electron chi connectivity index (χ2n) is 9.29. The maximum atomic E-state index is 9.66. The average molecular weight is 414 g/mol. The van der Waals surface area contributed by atoms with E-state index in [2.05, 4.69) is 20.8 Å². The third kappa shape index (κ3) is 18.4. The van der Waals surface area contributed by atoms with Crippen LogP contribution in [0.2, 0.25) is 0 Å². The highest BCUT2D eigenvalue weighted by molar-refractivity contribution is 4.72. The molecule has 0 saturated heterocycles. The Balaban J connectivity index is 3.89. The van der Waals surface area contributed by atoms with Gasteiger partial charge >= 0.3 is 0 Å². The van der Waals surface area contributed by atoms with E-state index in [1.54, 1.807) is 0 Å². The first-order valence-electron chi connectivity index (χ1n) is 13.3. The van der Waals surface area contributed by atoms with Gasteiger partial charge in [0.05, 0.1) is 6.04 Å². The van der Waals surface area contributed by atoms with Crippen molar-refractivity contribution in [1.29, 1.82) is 0 Å². The second-order valence-corrected chi connectivity index (χ2v) is 9.29. The molecule has 0 amide bonds. The molecular weight excluding hydrogens is 358 g/mol. The van der Waals surface area contributed by atoms with Crippen LogP contribution in [-0.4, -0.2) is 21.7 Å². The van der Waals surface area contributed by atoms with Crippen LogP contribution in [0.15, 0.2) is 0 Å². The van der Waals surface area contributed by atoms with Gasteiger partial charge in [-0.15, -0.1) is 0 Å². The van der Waals surface area contributed by atoms with Crippen LogP contribution in [0.1, 0.15) is 156 Å². The van der Waals surface area contributed by atoms with E-state index in [1.165, 1.54) is 116 Å². The molecule has 3 nitrogen and oxygen atoms in total. The average Bonchev–Trinajstić information content (AvgIpc) is 2.71. The fraction of sp³-hybridized carbons (Fsp3) is 1.00. The monoisotopic (exact) mass is 413 g/mol. The summed E-state index contributed by atoms with van der Waals surface area (Å²) in [5.41, 5.74) is 0. The summed E-state index contributed by atoms with van der Waals surface area (Å²) in [6.45, 7) is 6.62. The molecule has 0 aromatic rings. The van der Waals surface area contributed by atoms with Crippen molar-refractivity contribution in [3.8, 4) is 0 Å². The number of hydrogen-bond acceptors (Lipinski definition) is 3. The molecule has 2 N–H and O–H groups in total. The third-order valence-electron chi connectivity index (χ3n) is 6.62. The summed E-state index contributed by atoms with van der Waals surface area (Å²) in [7, 11) is 0. The van der Waals surface area contributed by atoms with Crippen LogP contribution in [0.4, 0.5) is 0 Å². The first kappa shape index (κ1) is 28.9. The van der Waals surface area contributed by atoms with Crippen molar-refractivity contribution in [2.75, 3.05) is 0 Å².